The van der Waals surface area contributed by atoms with E-state index in [1.165, 1.54) is 25.7 Å². The Morgan fingerprint density at radius 3 is 2.70 bits per heavy atom. The maximum absolute atomic E-state index is 13.4. The molecule has 5 heteroatoms. The van der Waals surface area contributed by atoms with Gasteiger partial charge < -0.3 is 14.4 Å². The molecule has 4 aliphatic rings. The Morgan fingerprint density at radius 1 is 1.18 bits per heavy atom. The van der Waals surface area contributed by atoms with Crippen LogP contribution in [0.2, 0.25) is 0 Å². The van der Waals surface area contributed by atoms with Crippen molar-refractivity contribution in [1.29, 1.82) is 0 Å². The van der Waals surface area contributed by atoms with E-state index >= 15 is 0 Å². The molecule has 0 bridgehead atoms. The first kappa shape index (κ1) is 23.1. The van der Waals surface area contributed by atoms with Crippen LogP contribution in [0.25, 0.3) is 0 Å². The lowest BCUT2D eigenvalue weighted by Crippen LogP contribution is -2.56. The lowest BCUT2D eigenvalue weighted by atomic mass is 9.44. The molecule has 1 N–H and O–H groups in total. The summed E-state index contributed by atoms with van der Waals surface area (Å²) in [5, 5.41) is 11.0. The standard InChI is InChI=1S/C28H40N2O3/c1-5-20-16-30(18-29-20)17-25(31)24-10-9-22-21-8-7-19-15-28(32,33-6-2)14-13-26(19,3)23(21)11-12-27(22,24)4/h1,16,18-19,21-24,32H,6-15,17H2,2-4H3/t19-,21-,22-,23-,24+,26-,27-,28-/m0/s1. The molecule has 0 aliphatic heterocycles. The van der Waals surface area contributed by atoms with Gasteiger partial charge in [-0.3, -0.25) is 4.79 Å². The molecule has 4 fully saturated rings. The van der Waals surface area contributed by atoms with Gasteiger partial charge in [0, 0.05) is 31.6 Å². The first-order valence-corrected chi connectivity index (χ1v) is 13.1. The van der Waals surface area contributed by atoms with E-state index in [1.807, 2.05) is 11.5 Å². The second kappa shape index (κ2) is 8.24. The quantitative estimate of drug-likeness (QED) is 0.514. The number of hydrogen-bond donors (Lipinski definition) is 1. The number of carbonyl (C=O) groups is 1. The Hall–Kier alpha value is -1.64. The predicted octanol–water partition coefficient (Wildman–Crippen LogP) is 4.82. The number of nitrogens with zero attached hydrogens (tertiary/aromatic N) is 2. The second-order valence-electron chi connectivity index (χ2n) is 12.0. The molecule has 4 aliphatic carbocycles. The Morgan fingerprint density at radius 2 is 1.97 bits per heavy atom. The Kier molecular flexibility index (Phi) is 5.77. The van der Waals surface area contributed by atoms with E-state index in [4.69, 9.17) is 11.2 Å². The van der Waals surface area contributed by atoms with Crippen LogP contribution in [-0.4, -0.2) is 32.8 Å². The molecule has 1 heterocycles. The molecular weight excluding hydrogens is 412 g/mol. The molecule has 8 atom stereocenters. The molecule has 0 spiro atoms. The van der Waals surface area contributed by atoms with Crippen LogP contribution in [-0.2, 0) is 16.1 Å². The fourth-order valence-corrected chi connectivity index (χ4v) is 8.95. The fraction of sp³-hybridized carbons (Fsp3) is 0.786. The van der Waals surface area contributed by atoms with Gasteiger partial charge in [-0.25, -0.2) is 4.98 Å². The molecule has 0 aromatic carbocycles. The summed E-state index contributed by atoms with van der Waals surface area (Å²) < 4.78 is 7.64. The van der Waals surface area contributed by atoms with Gasteiger partial charge in [0.2, 0.25) is 0 Å². The predicted molar refractivity (Wildman–Crippen MR) is 127 cm³/mol. The third-order valence-corrected chi connectivity index (χ3v) is 10.6. The van der Waals surface area contributed by atoms with Crippen molar-refractivity contribution in [2.24, 2.45) is 40.4 Å². The fourth-order valence-electron chi connectivity index (χ4n) is 8.95. The third-order valence-electron chi connectivity index (χ3n) is 10.6. The number of aliphatic hydroxyl groups is 1. The molecule has 5 rings (SSSR count). The van der Waals surface area contributed by atoms with Gasteiger partial charge in [0.25, 0.3) is 0 Å². The van der Waals surface area contributed by atoms with Gasteiger partial charge in [-0.1, -0.05) is 13.8 Å². The number of ether oxygens (including phenoxy) is 1. The number of terminal acetylenes is 1. The van der Waals surface area contributed by atoms with Crippen LogP contribution < -0.4 is 0 Å². The lowest BCUT2D eigenvalue weighted by molar-refractivity contribution is -0.257. The van der Waals surface area contributed by atoms with Gasteiger partial charge in [-0.15, -0.1) is 6.42 Å². The molecule has 180 valence electrons. The molecular formula is C28H40N2O3. The topological polar surface area (TPSA) is 64.4 Å². The molecule has 0 saturated heterocycles. The number of carbonyl (C=O) groups excluding carboxylic acids is 1. The van der Waals surface area contributed by atoms with Gasteiger partial charge in [-0.2, -0.15) is 0 Å². The Bertz CT molecular complexity index is 949. The number of hydrogen-bond acceptors (Lipinski definition) is 4. The van der Waals surface area contributed by atoms with E-state index in [2.05, 4.69) is 24.8 Å². The van der Waals surface area contributed by atoms with E-state index in [1.54, 1.807) is 12.5 Å². The lowest BCUT2D eigenvalue weighted by Gasteiger charge is -2.61. The van der Waals surface area contributed by atoms with E-state index < -0.39 is 5.79 Å². The Balaban J connectivity index is 1.31. The van der Waals surface area contributed by atoms with Crippen molar-refractivity contribution >= 4 is 5.78 Å². The molecule has 1 aromatic heterocycles. The SMILES string of the molecule is C#Cc1cn(CC(=O)[C@H]2CC[C@H]3[C@@H]4CC[C@H]5C[C@@](O)(OCC)CC[C@]5(C)[C@H]4CC[C@]23C)cn1. The zero-order chi connectivity index (χ0) is 23.4. The van der Waals surface area contributed by atoms with Gasteiger partial charge in [0.05, 0.1) is 12.9 Å². The molecule has 0 unspecified atom stereocenters. The third kappa shape index (κ3) is 3.69. The normalized spacial score (nSPS) is 44.4. The van der Waals surface area contributed by atoms with Crippen LogP contribution in [0.15, 0.2) is 12.5 Å². The minimum atomic E-state index is -0.924. The highest BCUT2D eigenvalue weighted by atomic mass is 16.6. The summed E-state index contributed by atoms with van der Waals surface area (Å²) in [5.41, 5.74) is 0.989. The minimum absolute atomic E-state index is 0.109. The molecule has 5 nitrogen and oxygen atoms in total. The van der Waals surface area contributed by atoms with E-state index in [9.17, 15) is 9.90 Å². The number of aromatic nitrogens is 2. The minimum Gasteiger partial charge on any atom is -0.365 e. The van der Waals surface area contributed by atoms with Gasteiger partial charge in [0.1, 0.15) is 5.69 Å². The maximum Gasteiger partial charge on any atom is 0.165 e. The average molecular weight is 453 g/mol. The smallest absolute Gasteiger partial charge is 0.165 e. The zero-order valence-corrected chi connectivity index (χ0v) is 20.6. The number of ketones is 1. The van der Waals surface area contributed by atoms with Crippen molar-refractivity contribution in [3.63, 3.8) is 0 Å². The average Bonchev–Trinajstić information content (AvgIpc) is 3.38. The number of imidazole rings is 1. The highest BCUT2D eigenvalue weighted by molar-refractivity contribution is 5.82. The Labute approximate surface area is 198 Å². The summed E-state index contributed by atoms with van der Waals surface area (Å²) >= 11 is 0. The number of fused-ring (bicyclic) bond motifs is 5. The molecule has 0 radical (unpaired) electrons. The van der Waals surface area contributed by atoms with Crippen molar-refractivity contribution in [1.82, 2.24) is 9.55 Å². The van der Waals surface area contributed by atoms with Gasteiger partial charge in [0.15, 0.2) is 11.6 Å². The van der Waals surface area contributed by atoms with Crippen LogP contribution in [0.3, 0.4) is 0 Å². The molecule has 1 aromatic rings. The highest BCUT2D eigenvalue weighted by Gasteiger charge is 2.62. The van der Waals surface area contributed by atoms with Gasteiger partial charge in [-0.05, 0) is 92.3 Å². The zero-order valence-electron chi connectivity index (χ0n) is 20.6. The van der Waals surface area contributed by atoms with E-state index in [-0.39, 0.29) is 16.7 Å². The summed E-state index contributed by atoms with van der Waals surface area (Å²) in [6.07, 6.45) is 18.5. The largest absolute Gasteiger partial charge is 0.365 e. The summed E-state index contributed by atoms with van der Waals surface area (Å²) in [6.45, 7) is 7.84. The summed E-state index contributed by atoms with van der Waals surface area (Å²) in [4.78, 5) is 17.6. The van der Waals surface area contributed by atoms with Crippen LogP contribution in [0.5, 0.6) is 0 Å². The first-order chi connectivity index (χ1) is 15.7. The molecule has 0 amide bonds. The first-order valence-electron chi connectivity index (χ1n) is 13.1. The van der Waals surface area contributed by atoms with Crippen molar-refractivity contribution in [3.8, 4) is 12.3 Å². The van der Waals surface area contributed by atoms with Crippen LogP contribution in [0.4, 0.5) is 0 Å². The highest BCUT2D eigenvalue weighted by Crippen LogP contribution is 2.68. The van der Waals surface area contributed by atoms with Crippen molar-refractivity contribution in [3.05, 3.63) is 18.2 Å². The van der Waals surface area contributed by atoms with Crippen LogP contribution in [0, 0.1) is 52.8 Å². The monoisotopic (exact) mass is 452 g/mol. The summed E-state index contributed by atoms with van der Waals surface area (Å²) in [5.74, 6) is 4.71. The molecule has 4 saturated carbocycles. The van der Waals surface area contributed by atoms with Crippen LogP contribution in [0.1, 0.15) is 84.3 Å². The van der Waals surface area contributed by atoms with Gasteiger partial charge >= 0.3 is 0 Å². The van der Waals surface area contributed by atoms with E-state index in [0.29, 0.717) is 48.3 Å². The number of Topliss-reactive ketones (excluding diaryl/α,β-unsaturated/α-hetero) is 1. The molecule has 33 heavy (non-hydrogen) atoms. The summed E-state index contributed by atoms with van der Waals surface area (Å²) in [7, 11) is 0. The second-order valence-corrected chi connectivity index (χ2v) is 12.0. The maximum atomic E-state index is 13.4. The van der Waals surface area contributed by atoms with Crippen molar-refractivity contribution in [2.75, 3.05) is 6.61 Å². The number of rotatable bonds is 5. The van der Waals surface area contributed by atoms with Crippen molar-refractivity contribution in [2.45, 2.75) is 90.9 Å². The van der Waals surface area contributed by atoms with Crippen LogP contribution >= 0.6 is 0 Å². The van der Waals surface area contributed by atoms with Crippen molar-refractivity contribution < 1.29 is 14.6 Å². The summed E-state index contributed by atoms with van der Waals surface area (Å²) in [6, 6.07) is 0. The van der Waals surface area contributed by atoms with E-state index in [0.717, 1.165) is 32.1 Å².